The smallest absolute Gasteiger partial charge is 0.317 e. The van der Waals surface area contributed by atoms with Crippen molar-refractivity contribution >= 4 is 12.0 Å². The summed E-state index contributed by atoms with van der Waals surface area (Å²) in [7, 11) is 0. The number of piperidine rings is 1. The van der Waals surface area contributed by atoms with Gasteiger partial charge in [-0.15, -0.1) is 0 Å². The van der Waals surface area contributed by atoms with Crippen molar-refractivity contribution in [1.29, 1.82) is 0 Å². The fourth-order valence-corrected chi connectivity index (χ4v) is 2.68. The molecular weight excluding hydrogens is 244 g/mol. The van der Waals surface area contributed by atoms with Crippen molar-refractivity contribution in [2.75, 3.05) is 13.1 Å². The van der Waals surface area contributed by atoms with Gasteiger partial charge in [-0.3, -0.25) is 4.79 Å². The molecule has 0 unspecified atom stereocenters. The lowest BCUT2D eigenvalue weighted by Gasteiger charge is -2.38. The third kappa shape index (κ3) is 3.01. The minimum Gasteiger partial charge on any atom is -0.481 e. The third-order valence-corrected chi connectivity index (χ3v) is 4.70. The second-order valence-corrected chi connectivity index (χ2v) is 6.78. The second kappa shape index (κ2) is 4.69. The molecule has 0 bridgehead atoms. The van der Waals surface area contributed by atoms with Crippen LogP contribution < -0.4 is 5.32 Å². The lowest BCUT2D eigenvalue weighted by atomic mass is 9.80. The van der Waals surface area contributed by atoms with E-state index in [-0.39, 0.29) is 11.6 Å². The summed E-state index contributed by atoms with van der Waals surface area (Å²) in [5.41, 5.74) is -0.826. The first-order valence-electron chi connectivity index (χ1n) is 7.05. The SMILES string of the molecule is CC1(C(=O)O)CCN(C(=O)NC(C)(C)C2CC2)CC1. The van der Waals surface area contributed by atoms with Crippen molar-refractivity contribution in [3.05, 3.63) is 0 Å². The summed E-state index contributed by atoms with van der Waals surface area (Å²) in [6.45, 7) is 6.94. The Labute approximate surface area is 114 Å². The van der Waals surface area contributed by atoms with Gasteiger partial charge in [0.25, 0.3) is 0 Å². The topological polar surface area (TPSA) is 69.6 Å². The summed E-state index contributed by atoms with van der Waals surface area (Å²) in [6, 6.07) is -0.0515. The predicted molar refractivity (Wildman–Crippen MR) is 71.9 cm³/mol. The number of urea groups is 1. The number of carboxylic acid groups (broad SMARTS) is 1. The highest BCUT2D eigenvalue weighted by atomic mass is 16.4. The predicted octanol–water partition coefficient (Wildman–Crippen LogP) is 2.07. The van der Waals surface area contributed by atoms with Crippen LogP contribution in [0.2, 0.25) is 0 Å². The van der Waals surface area contributed by atoms with E-state index in [4.69, 9.17) is 0 Å². The van der Waals surface area contributed by atoms with E-state index in [1.807, 2.05) is 0 Å². The molecule has 1 aliphatic heterocycles. The summed E-state index contributed by atoms with van der Waals surface area (Å²) >= 11 is 0. The van der Waals surface area contributed by atoms with E-state index >= 15 is 0 Å². The largest absolute Gasteiger partial charge is 0.481 e. The van der Waals surface area contributed by atoms with Gasteiger partial charge in [-0.2, -0.15) is 0 Å². The molecule has 5 heteroatoms. The van der Waals surface area contributed by atoms with Gasteiger partial charge in [0.2, 0.25) is 0 Å². The van der Waals surface area contributed by atoms with Crippen LogP contribution in [-0.4, -0.2) is 40.6 Å². The fraction of sp³-hybridized carbons (Fsp3) is 0.857. The maximum atomic E-state index is 12.2. The highest BCUT2D eigenvalue weighted by Crippen LogP contribution is 2.39. The second-order valence-electron chi connectivity index (χ2n) is 6.78. The van der Waals surface area contributed by atoms with Gasteiger partial charge in [-0.1, -0.05) is 0 Å². The van der Waals surface area contributed by atoms with Crippen LogP contribution in [0, 0.1) is 11.3 Å². The number of amides is 2. The molecule has 2 fully saturated rings. The van der Waals surface area contributed by atoms with Gasteiger partial charge < -0.3 is 15.3 Å². The minimum absolute atomic E-state index is 0.0515. The first kappa shape index (κ1) is 14.2. The van der Waals surface area contributed by atoms with E-state index in [9.17, 15) is 14.7 Å². The van der Waals surface area contributed by atoms with Crippen molar-refractivity contribution in [3.63, 3.8) is 0 Å². The van der Waals surface area contributed by atoms with Crippen molar-refractivity contribution < 1.29 is 14.7 Å². The van der Waals surface area contributed by atoms with Crippen LogP contribution in [0.25, 0.3) is 0 Å². The van der Waals surface area contributed by atoms with Gasteiger partial charge in [0.15, 0.2) is 0 Å². The normalized spacial score (nSPS) is 23.0. The molecule has 2 N–H and O–H groups in total. The molecule has 19 heavy (non-hydrogen) atoms. The molecule has 2 rings (SSSR count). The molecule has 5 nitrogen and oxygen atoms in total. The molecule has 2 amide bonds. The van der Waals surface area contributed by atoms with E-state index in [1.165, 1.54) is 12.8 Å². The number of hydrogen-bond donors (Lipinski definition) is 2. The Morgan fingerprint density at radius 3 is 2.21 bits per heavy atom. The van der Waals surface area contributed by atoms with Gasteiger partial charge in [0.05, 0.1) is 5.41 Å². The Bertz CT molecular complexity index is 380. The molecule has 0 aromatic rings. The van der Waals surface area contributed by atoms with E-state index in [2.05, 4.69) is 19.2 Å². The Balaban J connectivity index is 1.87. The molecule has 0 atom stereocenters. The van der Waals surface area contributed by atoms with Gasteiger partial charge >= 0.3 is 12.0 Å². The average Bonchev–Trinajstić information content (AvgIpc) is 3.13. The van der Waals surface area contributed by atoms with Crippen molar-refractivity contribution in [2.24, 2.45) is 11.3 Å². The number of carbonyl (C=O) groups excluding carboxylic acids is 1. The number of hydrogen-bond acceptors (Lipinski definition) is 2. The molecule has 0 aromatic carbocycles. The van der Waals surface area contributed by atoms with E-state index < -0.39 is 11.4 Å². The lowest BCUT2D eigenvalue weighted by molar-refractivity contribution is -0.150. The molecule has 0 aromatic heterocycles. The number of nitrogens with zero attached hydrogens (tertiary/aromatic N) is 1. The van der Waals surface area contributed by atoms with Crippen LogP contribution in [0.5, 0.6) is 0 Å². The first-order valence-corrected chi connectivity index (χ1v) is 7.05. The van der Waals surface area contributed by atoms with E-state index in [0.717, 1.165) is 0 Å². The summed E-state index contributed by atoms with van der Waals surface area (Å²) in [6.07, 6.45) is 3.42. The third-order valence-electron chi connectivity index (χ3n) is 4.70. The number of carbonyl (C=O) groups is 2. The monoisotopic (exact) mass is 268 g/mol. The van der Waals surface area contributed by atoms with Gasteiger partial charge in [0.1, 0.15) is 0 Å². The molecule has 1 saturated heterocycles. The zero-order chi connectivity index (χ0) is 14.3. The minimum atomic E-state index is -0.758. The molecule has 0 spiro atoms. The Morgan fingerprint density at radius 1 is 1.26 bits per heavy atom. The van der Waals surface area contributed by atoms with Crippen molar-refractivity contribution in [2.45, 2.75) is 52.0 Å². The zero-order valence-electron chi connectivity index (χ0n) is 12.0. The average molecular weight is 268 g/mol. The Morgan fingerprint density at radius 2 is 1.79 bits per heavy atom. The van der Waals surface area contributed by atoms with E-state index in [1.54, 1.807) is 11.8 Å². The van der Waals surface area contributed by atoms with Crippen LogP contribution >= 0.6 is 0 Å². The number of carboxylic acids is 1. The van der Waals surface area contributed by atoms with Gasteiger partial charge in [0, 0.05) is 18.6 Å². The molecule has 1 aliphatic carbocycles. The number of rotatable bonds is 3. The number of nitrogens with one attached hydrogen (secondary N) is 1. The van der Waals surface area contributed by atoms with E-state index in [0.29, 0.717) is 31.8 Å². The molecule has 1 heterocycles. The highest BCUT2D eigenvalue weighted by molar-refractivity contribution is 5.77. The molecule has 0 radical (unpaired) electrons. The number of likely N-dealkylation sites (tertiary alicyclic amines) is 1. The molecular formula is C14H24N2O3. The van der Waals surface area contributed by atoms with Crippen LogP contribution in [0.15, 0.2) is 0 Å². The number of aliphatic carboxylic acids is 1. The standard InChI is InChI=1S/C14H24N2O3/c1-13(2,10-4-5-10)15-12(19)16-8-6-14(3,7-9-16)11(17)18/h10H,4-9H2,1-3H3,(H,15,19)(H,17,18). The van der Waals surface area contributed by atoms with Crippen LogP contribution in [-0.2, 0) is 4.79 Å². The first-order chi connectivity index (χ1) is 8.74. The quantitative estimate of drug-likeness (QED) is 0.823. The van der Waals surface area contributed by atoms with Crippen LogP contribution in [0.4, 0.5) is 4.79 Å². The molecule has 108 valence electrons. The van der Waals surface area contributed by atoms with Crippen molar-refractivity contribution in [3.8, 4) is 0 Å². The Hall–Kier alpha value is -1.26. The summed E-state index contributed by atoms with van der Waals surface area (Å²) in [5.74, 6) is -0.170. The van der Waals surface area contributed by atoms with Gasteiger partial charge in [-0.25, -0.2) is 4.79 Å². The molecule has 1 saturated carbocycles. The van der Waals surface area contributed by atoms with Crippen LogP contribution in [0.1, 0.15) is 46.5 Å². The maximum Gasteiger partial charge on any atom is 0.317 e. The Kier molecular flexibility index (Phi) is 3.49. The lowest BCUT2D eigenvalue weighted by Crippen LogP contribution is -2.54. The van der Waals surface area contributed by atoms with Gasteiger partial charge in [-0.05, 0) is 52.4 Å². The van der Waals surface area contributed by atoms with Crippen LogP contribution in [0.3, 0.4) is 0 Å². The highest BCUT2D eigenvalue weighted by Gasteiger charge is 2.41. The summed E-state index contributed by atoms with van der Waals surface area (Å²) in [5, 5.41) is 12.3. The summed E-state index contributed by atoms with van der Waals surface area (Å²) in [4.78, 5) is 25.1. The molecule has 2 aliphatic rings. The summed E-state index contributed by atoms with van der Waals surface area (Å²) < 4.78 is 0. The fourth-order valence-electron chi connectivity index (χ4n) is 2.68. The zero-order valence-corrected chi connectivity index (χ0v) is 12.0. The maximum absolute atomic E-state index is 12.2. The van der Waals surface area contributed by atoms with Crippen molar-refractivity contribution in [1.82, 2.24) is 10.2 Å².